The van der Waals surface area contributed by atoms with Crippen LogP contribution in [0.4, 0.5) is 0 Å². The Hall–Kier alpha value is 0.0300. The molecular weight excluding hydrogens is 258 g/mol. The minimum atomic E-state index is 0. The Bertz CT molecular complexity index is 241. The van der Waals surface area contributed by atoms with Crippen molar-refractivity contribution in [3.8, 4) is 0 Å². The van der Waals surface area contributed by atoms with Gasteiger partial charge in [-0.15, -0.1) is 12.4 Å². The molecule has 0 atom stereocenters. The highest BCUT2D eigenvalue weighted by Gasteiger charge is 2.21. The highest BCUT2D eigenvalue weighted by atomic mass is 35.5. The maximum atomic E-state index is 12.0. The van der Waals surface area contributed by atoms with Gasteiger partial charge in [0.1, 0.15) is 0 Å². The van der Waals surface area contributed by atoms with E-state index in [9.17, 15) is 4.79 Å². The summed E-state index contributed by atoms with van der Waals surface area (Å²) in [4.78, 5) is 18.6. The van der Waals surface area contributed by atoms with Gasteiger partial charge in [0.25, 0.3) is 0 Å². The molecule has 2 aliphatic heterocycles. The van der Waals surface area contributed by atoms with E-state index in [1.54, 1.807) is 0 Å². The van der Waals surface area contributed by atoms with Crippen LogP contribution in [0.2, 0.25) is 0 Å². The van der Waals surface area contributed by atoms with Crippen LogP contribution in [0.25, 0.3) is 0 Å². The Balaban J connectivity index is 0.00000144. The lowest BCUT2D eigenvalue weighted by Crippen LogP contribution is -2.50. The molecule has 0 N–H and O–H groups in total. The number of carbonyl (C=O) groups excluding carboxylic acids is 1. The molecule has 0 aromatic heterocycles. The predicted octanol–water partition coefficient (Wildman–Crippen LogP) is 0.231. The molecule has 0 aliphatic carbocycles. The fraction of sp³-hybridized carbons (Fsp3) is 0.909. The molecule has 6 heteroatoms. The molecule has 1 amide bonds. The van der Waals surface area contributed by atoms with Gasteiger partial charge in [-0.05, 0) is 7.05 Å². The summed E-state index contributed by atoms with van der Waals surface area (Å²) in [6.07, 6.45) is 0. The smallest absolute Gasteiger partial charge is 0.236 e. The average Bonchev–Trinajstić information content (AvgIpc) is 2.33. The number of halogens is 1. The summed E-state index contributed by atoms with van der Waals surface area (Å²) < 4.78 is 0. The third-order valence-electron chi connectivity index (χ3n) is 3.32. The first-order valence-electron chi connectivity index (χ1n) is 6.02. The van der Waals surface area contributed by atoms with Gasteiger partial charge in [0.2, 0.25) is 5.91 Å². The molecule has 2 saturated heterocycles. The lowest BCUT2D eigenvalue weighted by molar-refractivity contribution is -0.132. The summed E-state index contributed by atoms with van der Waals surface area (Å²) in [5, 5.41) is 0. The molecular formula is C11H22ClN3OS. The van der Waals surface area contributed by atoms with E-state index in [-0.39, 0.29) is 12.4 Å². The van der Waals surface area contributed by atoms with E-state index in [1.807, 2.05) is 16.7 Å². The number of rotatable bonds is 2. The second-order valence-electron chi connectivity index (χ2n) is 4.57. The van der Waals surface area contributed by atoms with Crippen LogP contribution in [-0.2, 0) is 4.79 Å². The normalized spacial score (nSPS) is 23.2. The zero-order chi connectivity index (χ0) is 11.4. The standard InChI is InChI=1S/C11H21N3OS.ClH/c1-12-2-4-13(5-3-12)10-11(15)14-6-8-16-9-7-14;/h2-10H2,1H3;1H. The second kappa shape index (κ2) is 7.46. The Morgan fingerprint density at radius 2 is 1.65 bits per heavy atom. The molecule has 0 unspecified atom stereocenters. The van der Waals surface area contributed by atoms with Crippen molar-refractivity contribution in [2.45, 2.75) is 0 Å². The van der Waals surface area contributed by atoms with Crippen LogP contribution >= 0.6 is 24.2 Å². The van der Waals surface area contributed by atoms with E-state index < -0.39 is 0 Å². The molecule has 0 aromatic carbocycles. The maximum absolute atomic E-state index is 12.0. The number of piperazine rings is 1. The fourth-order valence-corrected chi connectivity index (χ4v) is 3.01. The van der Waals surface area contributed by atoms with E-state index in [1.165, 1.54) is 0 Å². The molecule has 100 valence electrons. The quantitative estimate of drug-likeness (QED) is 0.723. The first kappa shape index (κ1) is 15.1. The van der Waals surface area contributed by atoms with Crippen molar-refractivity contribution in [3.63, 3.8) is 0 Å². The van der Waals surface area contributed by atoms with Gasteiger partial charge in [-0.3, -0.25) is 9.69 Å². The zero-order valence-electron chi connectivity index (χ0n) is 10.4. The minimum Gasteiger partial charge on any atom is -0.340 e. The Labute approximate surface area is 114 Å². The predicted molar refractivity (Wildman–Crippen MR) is 75.1 cm³/mol. The molecule has 0 bridgehead atoms. The molecule has 2 fully saturated rings. The molecule has 0 saturated carbocycles. The topological polar surface area (TPSA) is 26.8 Å². The Kier molecular flexibility index (Phi) is 6.62. The molecule has 2 aliphatic rings. The molecule has 4 nitrogen and oxygen atoms in total. The lowest BCUT2D eigenvalue weighted by atomic mass is 10.3. The SMILES string of the molecule is CN1CCN(CC(=O)N2CCSCC2)CC1.Cl. The van der Waals surface area contributed by atoms with E-state index in [0.29, 0.717) is 12.5 Å². The lowest BCUT2D eigenvalue weighted by Gasteiger charge is -2.34. The largest absolute Gasteiger partial charge is 0.340 e. The van der Waals surface area contributed by atoms with Crippen LogP contribution in [0.5, 0.6) is 0 Å². The van der Waals surface area contributed by atoms with Crippen molar-refractivity contribution in [1.82, 2.24) is 14.7 Å². The van der Waals surface area contributed by atoms with Crippen molar-refractivity contribution in [2.75, 3.05) is 64.4 Å². The third kappa shape index (κ3) is 4.66. The van der Waals surface area contributed by atoms with Gasteiger partial charge in [0, 0.05) is 50.8 Å². The summed E-state index contributed by atoms with van der Waals surface area (Å²) in [5.41, 5.74) is 0. The highest BCUT2D eigenvalue weighted by Crippen LogP contribution is 2.10. The van der Waals surface area contributed by atoms with Crippen LogP contribution in [-0.4, -0.2) is 85.0 Å². The van der Waals surface area contributed by atoms with Gasteiger partial charge in [-0.1, -0.05) is 0 Å². The number of amides is 1. The molecule has 2 rings (SSSR count). The Morgan fingerprint density at radius 3 is 2.24 bits per heavy atom. The van der Waals surface area contributed by atoms with Crippen LogP contribution < -0.4 is 0 Å². The van der Waals surface area contributed by atoms with Crippen molar-refractivity contribution in [2.24, 2.45) is 0 Å². The summed E-state index contributed by atoms with van der Waals surface area (Å²) in [6.45, 7) is 6.74. The van der Waals surface area contributed by atoms with Crippen molar-refractivity contribution >= 4 is 30.1 Å². The molecule has 2 heterocycles. The first-order valence-corrected chi connectivity index (χ1v) is 7.17. The van der Waals surface area contributed by atoms with Gasteiger partial charge in [0.15, 0.2) is 0 Å². The van der Waals surface area contributed by atoms with Gasteiger partial charge in [-0.2, -0.15) is 11.8 Å². The maximum Gasteiger partial charge on any atom is 0.236 e. The monoisotopic (exact) mass is 279 g/mol. The molecule has 17 heavy (non-hydrogen) atoms. The van der Waals surface area contributed by atoms with E-state index in [2.05, 4.69) is 16.8 Å². The van der Waals surface area contributed by atoms with Crippen LogP contribution in [0.1, 0.15) is 0 Å². The number of carbonyl (C=O) groups is 1. The van der Waals surface area contributed by atoms with Gasteiger partial charge < -0.3 is 9.80 Å². The van der Waals surface area contributed by atoms with Crippen molar-refractivity contribution in [1.29, 1.82) is 0 Å². The Morgan fingerprint density at radius 1 is 1.06 bits per heavy atom. The van der Waals surface area contributed by atoms with Crippen molar-refractivity contribution < 1.29 is 4.79 Å². The van der Waals surface area contributed by atoms with Gasteiger partial charge in [0.05, 0.1) is 6.54 Å². The number of nitrogens with zero attached hydrogens (tertiary/aromatic N) is 3. The minimum absolute atomic E-state index is 0. The first-order chi connectivity index (χ1) is 7.75. The van der Waals surface area contributed by atoms with Crippen LogP contribution in [0, 0.1) is 0 Å². The van der Waals surface area contributed by atoms with Gasteiger partial charge in [-0.25, -0.2) is 0 Å². The summed E-state index contributed by atoms with van der Waals surface area (Å²) >= 11 is 1.95. The third-order valence-corrected chi connectivity index (χ3v) is 4.26. The van der Waals surface area contributed by atoms with E-state index >= 15 is 0 Å². The van der Waals surface area contributed by atoms with Crippen LogP contribution in [0.15, 0.2) is 0 Å². The number of hydrogen-bond donors (Lipinski definition) is 0. The number of thioether (sulfide) groups is 1. The fourth-order valence-electron chi connectivity index (χ4n) is 2.11. The van der Waals surface area contributed by atoms with Crippen LogP contribution in [0.3, 0.4) is 0 Å². The highest BCUT2D eigenvalue weighted by molar-refractivity contribution is 7.99. The van der Waals surface area contributed by atoms with Crippen molar-refractivity contribution in [3.05, 3.63) is 0 Å². The van der Waals surface area contributed by atoms with E-state index in [0.717, 1.165) is 50.8 Å². The summed E-state index contributed by atoms with van der Waals surface area (Å²) in [7, 11) is 2.14. The molecule has 0 aromatic rings. The molecule has 0 radical (unpaired) electrons. The number of likely N-dealkylation sites (N-methyl/N-ethyl adjacent to an activating group) is 1. The van der Waals surface area contributed by atoms with Gasteiger partial charge >= 0.3 is 0 Å². The summed E-state index contributed by atoms with van der Waals surface area (Å²) in [5.74, 6) is 2.54. The molecule has 0 spiro atoms. The van der Waals surface area contributed by atoms with E-state index in [4.69, 9.17) is 0 Å². The number of hydrogen-bond acceptors (Lipinski definition) is 4. The average molecular weight is 280 g/mol. The summed E-state index contributed by atoms with van der Waals surface area (Å²) in [6, 6.07) is 0. The zero-order valence-corrected chi connectivity index (χ0v) is 12.1. The second-order valence-corrected chi connectivity index (χ2v) is 5.80.